The standard InChI is InChI=1S/CH3FOS/c2-1(3)4/h1,3-4H. The molecule has 1 unspecified atom stereocenters. The Balaban J connectivity index is 2.32. The lowest BCUT2D eigenvalue weighted by Gasteiger charge is -1.74. The minimum Gasteiger partial charge on any atom is -0.356 e. The molecule has 0 spiro atoms. The van der Waals surface area contributed by atoms with E-state index in [-0.39, 0.29) is 0 Å². The van der Waals surface area contributed by atoms with Crippen LogP contribution >= 0.6 is 12.6 Å². The number of thiol groups is 1. The third kappa shape index (κ3) is 59.8. The molecule has 0 aliphatic carbocycles. The van der Waals surface area contributed by atoms with Crippen LogP contribution in [-0.4, -0.2) is 10.8 Å². The average molecular weight is 82.1 g/mol. The van der Waals surface area contributed by atoms with Gasteiger partial charge in [0.2, 0.25) is 5.69 Å². The number of rotatable bonds is 0. The predicted molar refractivity (Wildman–Crippen MR) is 16.1 cm³/mol. The van der Waals surface area contributed by atoms with E-state index in [1.54, 1.807) is 0 Å². The Hall–Kier alpha value is 0.240. The highest BCUT2D eigenvalue weighted by Gasteiger charge is 1.76. The largest absolute Gasteiger partial charge is 0.356 e. The van der Waals surface area contributed by atoms with Crippen LogP contribution in [0.5, 0.6) is 0 Å². The molecule has 4 heavy (non-hydrogen) atoms. The summed E-state index contributed by atoms with van der Waals surface area (Å²) in [5.74, 6) is 0. The van der Waals surface area contributed by atoms with Crippen LogP contribution in [0.1, 0.15) is 0 Å². The molecule has 1 atom stereocenters. The van der Waals surface area contributed by atoms with E-state index in [9.17, 15) is 4.39 Å². The lowest BCUT2D eigenvalue weighted by Crippen LogP contribution is -1.76. The number of hydrogen-bond donors (Lipinski definition) is 2. The van der Waals surface area contributed by atoms with Crippen LogP contribution < -0.4 is 0 Å². The fraction of sp³-hybridized carbons (Fsp3) is 1.00. The molecule has 1 N–H and O–H groups in total. The van der Waals surface area contributed by atoms with Crippen molar-refractivity contribution in [3.05, 3.63) is 0 Å². The topological polar surface area (TPSA) is 20.2 Å². The van der Waals surface area contributed by atoms with E-state index in [0.29, 0.717) is 0 Å². The van der Waals surface area contributed by atoms with Gasteiger partial charge >= 0.3 is 0 Å². The number of hydrogen-bond acceptors (Lipinski definition) is 2. The van der Waals surface area contributed by atoms with Crippen molar-refractivity contribution in [2.45, 2.75) is 5.69 Å². The zero-order chi connectivity index (χ0) is 3.58. The third-order valence-corrected chi connectivity index (χ3v) is 0. The van der Waals surface area contributed by atoms with Crippen molar-refractivity contribution in [1.82, 2.24) is 0 Å². The summed E-state index contributed by atoms with van der Waals surface area (Å²) in [4.78, 5) is 0. The summed E-state index contributed by atoms with van der Waals surface area (Å²) in [7, 11) is 0. The van der Waals surface area contributed by atoms with Crippen LogP contribution in [0.2, 0.25) is 0 Å². The molecule has 0 heterocycles. The molecule has 0 radical (unpaired) electrons. The molecule has 0 aromatic heterocycles. The first kappa shape index (κ1) is 4.24. The van der Waals surface area contributed by atoms with Gasteiger partial charge in [-0.2, -0.15) is 0 Å². The lowest BCUT2D eigenvalue weighted by molar-refractivity contribution is 0.132. The maximum atomic E-state index is 10.4. The Morgan fingerprint density at radius 3 is 2.00 bits per heavy atom. The van der Waals surface area contributed by atoms with Crippen molar-refractivity contribution in [3.8, 4) is 0 Å². The first-order chi connectivity index (χ1) is 1.73. The minimum atomic E-state index is -1.97. The highest BCUT2D eigenvalue weighted by atomic mass is 32.1. The van der Waals surface area contributed by atoms with E-state index in [2.05, 4.69) is 12.6 Å². The predicted octanol–water partition coefficient (Wildman–Crippen LogP) is 0.162. The summed E-state index contributed by atoms with van der Waals surface area (Å²) < 4.78 is 10.4. The zero-order valence-electron chi connectivity index (χ0n) is 1.85. The van der Waals surface area contributed by atoms with Crippen LogP contribution in [0.4, 0.5) is 4.39 Å². The number of aliphatic hydroxyl groups is 1. The van der Waals surface area contributed by atoms with Crippen molar-refractivity contribution < 1.29 is 9.50 Å². The lowest BCUT2D eigenvalue weighted by atomic mass is 11.6. The second-order valence-electron chi connectivity index (χ2n) is 0.311. The molecule has 0 aromatic rings. The summed E-state index contributed by atoms with van der Waals surface area (Å²) in [6.07, 6.45) is 0. The molecule has 0 bridgehead atoms. The quantitative estimate of drug-likeness (QED) is 0.315. The molecular formula is CH3FOS. The Bertz CT molecular complexity index is 12.8. The fourth-order valence-electron chi connectivity index (χ4n) is 0. The molecule has 3 heteroatoms. The summed E-state index contributed by atoms with van der Waals surface area (Å²) >= 11 is 2.85. The van der Waals surface area contributed by atoms with Gasteiger partial charge in [-0.05, 0) is 0 Å². The summed E-state index contributed by atoms with van der Waals surface area (Å²) in [6, 6.07) is 0. The second kappa shape index (κ2) is 1.55. The van der Waals surface area contributed by atoms with Gasteiger partial charge in [-0.25, -0.2) is 4.39 Å². The van der Waals surface area contributed by atoms with Crippen LogP contribution in [0.25, 0.3) is 0 Å². The van der Waals surface area contributed by atoms with Crippen LogP contribution in [0.3, 0.4) is 0 Å². The summed E-state index contributed by atoms with van der Waals surface area (Å²) in [5, 5.41) is 7.25. The summed E-state index contributed by atoms with van der Waals surface area (Å²) in [5.41, 5.74) is -1.97. The summed E-state index contributed by atoms with van der Waals surface area (Å²) in [6.45, 7) is 0. The van der Waals surface area contributed by atoms with Gasteiger partial charge in [0.05, 0.1) is 0 Å². The number of aliphatic hydroxyl groups excluding tert-OH is 1. The monoisotopic (exact) mass is 82.0 g/mol. The van der Waals surface area contributed by atoms with E-state index < -0.39 is 5.69 Å². The molecule has 0 aliphatic rings. The fourth-order valence-corrected chi connectivity index (χ4v) is 0. The van der Waals surface area contributed by atoms with Crippen molar-refractivity contribution in [1.29, 1.82) is 0 Å². The molecule has 0 amide bonds. The van der Waals surface area contributed by atoms with Gasteiger partial charge < -0.3 is 5.11 Å². The van der Waals surface area contributed by atoms with E-state index in [1.165, 1.54) is 0 Å². The van der Waals surface area contributed by atoms with E-state index in [0.717, 1.165) is 0 Å². The van der Waals surface area contributed by atoms with E-state index in [4.69, 9.17) is 5.11 Å². The van der Waals surface area contributed by atoms with Crippen molar-refractivity contribution in [3.63, 3.8) is 0 Å². The third-order valence-electron chi connectivity index (χ3n) is 0. The van der Waals surface area contributed by atoms with Gasteiger partial charge in [0.15, 0.2) is 0 Å². The molecule has 0 fully saturated rings. The van der Waals surface area contributed by atoms with Crippen molar-refractivity contribution in [2.24, 2.45) is 0 Å². The van der Waals surface area contributed by atoms with Gasteiger partial charge in [-0.15, -0.1) is 12.6 Å². The first-order valence-corrected chi connectivity index (χ1v) is 1.25. The van der Waals surface area contributed by atoms with Crippen LogP contribution in [-0.2, 0) is 0 Å². The maximum absolute atomic E-state index is 10.4. The molecule has 0 aliphatic heterocycles. The Labute approximate surface area is 28.9 Å². The van der Waals surface area contributed by atoms with Gasteiger partial charge in [0.25, 0.3) is 0 Å². The van der Waals surface area contributed by atoms with Crippen LogP contribution in [0, 0.1) is 0 Å². The maximum Gasteiger partial charge on any atom is 0.241 e. The van der Waals surface area contributed by atoms with E-state index in [1.807, 2.05) is 0 Å². The average Bonchev–Trinajstić information content (AvgIpc) is 0.811. The molecule has 0 rings (SSSR count). The van der Waals surface area contributed by atoms with Gasteiger partial charge in [-0.3, -0.25) is 0 Å². The van der Waals surface area contributed by atoms with Crippen molar-refractivity contribution in [2.75, 3.05) is 0 Å². The smallest absolute Gasteiger partial charge is 0.241 e. The van der Waals surface area contributed by atoms with E-state index >= 15 is 0 Å². The second-order valence-corrected chi connectivity index (χ2v) is 0.737. The highest BCUT2D eigenvalue weighted by Crippen LogP contribution is 1.83. The SMILES string of the molecule is OC(F)S. The molecule has 0 saturated heterocycles. The number of alkyl halides is 1. The van der Waals surface area contributed by atoms with Gasteiger partial charge in [-0.1, -0.05) is 0 Å². The van der Waals surface area contributed by atoms with Gasteiger partial charge in [0.1, 0.15) is 0 Å². The van der Waals surface area contributed by atoms with Gasteiger partial charge in [0, 0.05) is 0 Å². The minimum absolute atomic E-state index is 1.97. The molecule has 26 valence electrons. The number of halogens is 1. The normalized spacial score (nSPS) is 15.8. The zero-order valence-corrected chi connectivity index (χ0v) is 2.74. The molecule has 1 nitrogen and oxygen atoms in total. The molecule has 0 saturated carbocycles. The molecule has 0 aromatic carbocycles. The first-order valence-electron chi connectivity index (χ1n) is 0.735. The highest BCUT2D eigenvalue weighted by molar-refractivity contribution is 7.80. The Morgan fingerprint density at radius 1 is 2.00 bits per heavy atom. The molecular weight excluding hydrogens is 79.1 g/mol. The van der Waals surface area contributed by atoms with Crippen molar-refractivity contribution >= 4 is 12.6 Å². The Kier molecular flexibility index (Phi) is 1.64. The Morgan fingerprint density at radius 2 is 2.00 bits per heavy atom. The van der Waals surface area contributed by atoms with Crippen LogP contribution in [0.15, 0.2) is 0 Å².